The fourth-order valence-electron chi connectivity index (χ4n) is 2.73. The first-order valence-electron chi connectivity index (χ1n) is 8.16. The molecule has 1 aromatic carbocycles. The van der Waals surface area contributed by atoms with Crippen molar-refractivity contribution in [2.75, 3.05) is 6.61 Å². The van der Waals surface area contributed by atoms with Gasteiger partial charge in [0, 0.05) is 0 Å². The van der Waals surface area contributed by atoms with Gasteiger partial charge in [0.2, 0.25) is 0 Å². The highest BCUT2D eigenvalue weighted by Crippen LogP contribution is 2.28. The van der Waals surface area contributed by atoms with Crippen molar-refractivity contribution in [2.45, 2.75) is 37.3 Å². The Balaban J connectivity index is 2.40. The quantitative estimate of drug-likeness (QED) is 0.216. The largest absolute Gasteiger partial charge is 0.397 e. The van der Waals surface area contributed by atoms with Gasteiger partial charge in [-0.15, -0.1) is 0 Å². The number of rotatable bonds is 10. The number of hydrogen-bond donors (Lipinski definition) is 5. The van der Waals surface area contributed by atoms with Crippen LogP contribution in [0.25, 0.3) is 0 Å². The lowest BCUT2D eigenvalue weighted by Gasteiger charge is -2.43. The van der Waals surface area contributed by atoms with E-state index in [-0.39, 0.29) is 6.61 Å². The Hall–Kier alpha value is -1.29. The van der Waals surface area contributed by atoms with Crippen LogP contribution < -0.4 is 4.72 Å². The van der Waals surface area contributed by atoms with Crippen molar-refractivity contribution >= 4 is 31.1 Å². The number of aliphatic hydroxyl groups excluding tert-OH is 1. The maximum absolute atomic E-state index is 11.3. The van der Waals surface area contributed by atoms with Crippen LogP contribution in [-0.4, -0.2) is 81.3 Å². The molecule has 18 heteroatoms. The molecular formula is C13H19NO14S3. The van der Waals surface area contributed by atoms with Crippen molar-refractivity contribution < 1.29 is 61.9 Å². The van der Waals surface area contributed by atoms with Gasteiger partial charge in [-0.3, -0.25) is 13.7 Å². The first-order valence-corrected chi connectivity index (χ1v) is 12.3. The van der Waals surface area contributed by atoms with Crippen molar-refractivity contribution in [3.05, 3.63) is 35.9 Å². The molecule has 2 rings (SSSR count). The van der Waals surface area contributed by atoms with Gasteiger partial charge in [-0.1, -0.05) is 30.3 Å². The minimum absolute atomic E-state index is 0.280. The fraction of sp³-hybridized carbons (Fsp3) is 0.538. The summed E-state index contributed by atoms with van der Waals surface area (Å²) in [6, 6.07) is 6.09. The van der Waals surface area contributed by atoms with Crippen LogP contribution in [0.5, 0.6) is 0 Å². The number of aliphatic hydroxyl groups is 1. The van der Waals surface area contributed by atoms with Gasteiger partial charge in [0.1, 0.15) is 24.4 Å². The zero-order chi connectivity index (χ0) is 23.4. The van der Waals surface area contributed by atoms with Crippen LogP contribution in [-0.2, 0) is 55.5 Å². The van der Waals surface area contributed by atoms with Gasteiger partial charge in [0.25, 0.3) is 0 Å². The SMILES string of the molecule is O=S(=O)(O)N[C@@H]1[C@@H](OS(=O)(=O)O)[C@H](OCc2ccccc2)[C@@H](COS(=O)(=O)O)O[C@@H]1O. The summed E-state index contributed by atoms with van der Waals surface area (Å²) in [4.78, 5) is 0. The van der Waals surface area contributed by atoms with Gasteiger partial charge in [-0.2, -0.15) is 30.0 Å². The molecule has 1 fully saturated rings. The molecule has 1 saturated heterocycles. The van der Waals surface area contributed by atoms with Crippen molar-refractivity contribution in [2.24, 2.45) is 0 Å². The molecule has 0 unspecified atom stereocenters. The molecule has 0 radical (unpaired) electrons. The highest BCUT2D eigenvalue weighted by atomic mass is 32.3. The van der Waals surface area contributed by atoms with Crippen molar-refractivity contribution in [1.29, 1.82) is 0 Å². The van der Waals surface area contributed by atoms with Gasteiger partial charge >= 0.3 is 31.1 Å². The smallest absolute Gasteiger partial charge is 0.368 e. The average molecular weight is 509 g/mol. The maximum Gasteiger partial charge on any atom is 0.397 e. The molecule has 1 aliphatic rings. The summed E-state index contributed by atoms with van der Waals surface area (Å²) < 4.78 is 114. The second-order valence-corrected chi connectivity index (χ2v) is 9.47. The summed E-state index contributed by atoms with van der Waals surface area (Å²) in [5, 5.41) is 10.1. The van der Waals surface area contributed by atoms with Gasteiger partial charge in [-0.05, 0) is 5.56 Å². The third-order valence-corrected chi connectivity index (χ3v) is 5.32. The van der Waals surface area contributed by atoms with E-state index in [0.29, 0.717) is 5.56 Å². The first kappa shape index (κ1) is 26.0. The van der Waals surface area contributed by atoms with E-state index < -0.39 is 68.4 Å². The molecule has 0 bridgehead atoms. The Morgan fingerprint density at radius 3 is 2.06 bits per heavy atom. The number of nitrogens with one attached hydrogen (secondary N) is 1. The van der Waals surface area contributed by atoms with Crippen LogP contribution in [0.1, 0.15) is 5.56 Å². The number of hydrogen-bond acceptors (Lipinski definition) is 11. The third-order valence-electron chi connectivity index (χ3n) is 3.85. The minimum atomic E-state index is -5.29. The predicted molar refractivity (Wildman–Crippen MR) is 98.3 cm³/mol. The Bertz CT molecular complexity index is 1040. The van der Waals surface area contributed by atoms with Crippen molar-refractivity contribution in [3.8, 4) is 0 Å². The summed E-state index contributed by atoms with van der Waals surface area (Å²) >= 11 is 0. The average Bonchev–Trinajstić information content (AvgIpc) is 2.60. The lowest BCUT2D eigenvalue weighted by atomic mass is 9.97. The van der Waals surface area contributed by atoms with E-state index >= 15 is 0 Å². The summed E-state index contributed by atoms with van der Waals surface area (Å²) in [7, 11) is -15.4. The molecule has 1 aromatic rings. The van der Waals surface area contributed by atoms with Crippen LogP contribution >= 0.6 is 0 Å². The Labute approximate surface area is 177 Å². The zero-order valence-corrected chi connectivity index (χ0v) is 17.7. The molecular weight excluding hydrogens is 490 g/mol. The first-order chi connectivity index (χ1) is 14.1. The summed E-state index contributed by atoms with van der Waals surface area (Å²) in [6.45, 7) is -1.31. The van der Waals surface area contributed by atoms with Gasteiger partial charge in [0.15, 0.2) is 6.29 Å². The number of ether oxygens (including phenoxy) is 2. The van der Waals surface area contributed by atoms with E-state index in [1.807, 2.05) is 0 Å². The molecule has 31 heavy (non-hydrogen) atoms. The molecule has 0 aromatic heterocycles. The highest BCUT2D eigenvalue weighted by molar-refractivity contribution is 7.83. The molecule has 0 saturated carbocycles. The van der Waals surface area contributed by atoms with E-state index in [0.717, 1.165) is 0 Å². The van der Waals surface area contributed by atoms with E-state index in [9.17, 15) is 30.4 Å². The minimum Gasteiger partial charge on any atom is -0.368 e. The van der Waals surface area contributed by atoms with Crippen LogP contribution in [0, 0.1) is 0 Å². The Kier molecular flexibility index (Phi) is 8.46. The molecule has 1 heterocycles. The lowest BCUT2D eigenvalue weighted by Crippen LogP contribution is -2.65. The third kappa shape index (κ3) is 9.00. The standard InChI is InChI=1S/C13H19NO14S3/c15-13-10(14-29(16,17)18)12(28-31(22,23)24)11(9(27-13)7-26-30(19,20)21)25-6-8-4-2-1-3-5-8/h1-5,9-15H,6-7H2,(H,16,17,18)(H,19,20,21)(H,22,23,24)/t9-,10-,11-,12-,13+/m1/s1. The van der Waals surface area contributed by atoms with Gasteiger partial charge in [0.05, 0.1) is 13.2 Å². The van der Waals surface area contributed by atoms with E-state index in [1.54, 1.807) is 30.3 Å². The molecule has 15 nitrogen and oxygen atoms in total. The Morgan fingerprint density at radius 1 is 0.935 bits per heavy atom. The predicted octanol–water partition coefficient (Wildman–Crippen LogP) is -1.94. The normalized spacial score (nSPS) is 27.8. The Morgan fingerprint density at radius 2 is 1.55 bits per heavy atom. The van der Waals surface area contributed by atoms with Crippen LogP contribution in [0.2, 0.25) is 0 Å². The van der Waals surface area contributed by atoms with Gasteiger partial charge in [-0.25, -0.2) is 8.37 Å². The molecule has 5 N–H and O–H groups in total. The zero-order valence-electron chi connectivity index (χ0n) is 15.3. The molecule has 0 spiro atoms. The van der Waals surface area contributed by atoms with E-state index in [2.05, 4.69) is 8.37 Å². The van der Waals surface area contributed by atoms with Gasteiger partial charge < -0.3 is 14.6 Å². The summed E-state index contributed by atoms with van der Waals surface area (Å²) in [5.74, 6) is 0. The van der Waals surface area contributed by atoms with Crippen molar-refractivity contribution in [1.82, 2.24) is 4.72 Å². The second-order valence-electron chi connectivity index (χ2n) is 6.15. The molecule has 0 aliphatic carbocycles. The molecule has 5 atom stereocenters. The summed E-state index contributed by atoms with van der Waals surface area (Å²) in [5.41, 5.74) is 0.521. The van der Waals surface area contributed by atoms with Crippen molar-refractivity contribution in [3.63, 3.8) is 0 Å². The molecule has 0 amide bonds. The maximum atomic E-state index is 11.3. The lowest BCUT2D eigenvalue weighted by molar-refractivity contribution is -0.257. The fourth-order valence-corrected chi connectivity index (χ4v) is 4.14. The van der Waals surface area contributed by atoms with E-state index in [1.165, 1.54) is 4.72 Å². The number of benzene rings is 1. The summed E-state index contributed by atoms with van der Waals surface area (Å²) in [6.07, 6.45) is -7.70. The van der Waals surface area contributed by atoms with E-state index in [4.69, 9.17) is 23.1 Å². The topological polar surface area (TPSA) is 232 Å². The van der Waals surface area contributed by atoms with Crippen LogP contribution in [0.3, 0.4) is 0 Å². The second kappa shape index (κ2) is 10.1. The monoisotopic (exact) mass is 509 g/mol. The molecule has 178 valence electrons. The van der Waals surface area contributed by atoms with Crippen LogP contribution in [0.15, 0.2) is 30.3 Å². The highest BCUT2D eigenvalue weighted by Gasteiger charge is 2.50. The molecule has 1 aliphatic heterocycles. The van der Waals surface area contributed by atoms with Crippen LogP contribution in [0.4, 0.5) is 0 Å².